The number of aromatic nitrogens is 2. The highest BCUT2D eigenvalue weighted by atomic mass is 16.5. The van der Waals surface area contributed by atoms with Gasteiger partial charge >= 0.3 is 0 Å². The molecule has 6 heteroatoms. The fourth-order valence-electron chi connectivity index (χ4n) is 3.92. The highest BCUT2D eigenvalue weighted by molar-refractivity contribution is 5.76. The van der Waals surface area contributed by atoms with Gasteiger partial charge in [0.05, 0.1) is 25.5 Å². The highest BCUT2D eigenvalue weighted by Crippen LogP contribution is 2.32. The molecule has 2 aromatic rings. The van der Waals surface area contributed by atoms with Crippen LogP contribution in [0.4, 0.5) is 5.95 Å². The minimum absolute atomic E-state index is 0.114. The SMILES string of the molecule is CC(=O)C[C@@H](C)c1ccc(O[C@@H]2CCN(c3ncc(OCCC4CC4)cn3)C2)cc1. The second-order valence-electron chi connectivity index (χ2n) is 8.65. The van der Waals surface area contributed by atoms with Crippen molar-refractivity contribution in [2.24, 2.45) is 5.92 Å². The van der Waals surface area contributed by atoms with E-state index in [0.29, 0.717) is 6.42 Å². The van der Waals surface area contributed by atoms with E-state index in [1.807, 2.05) is 12.1 Å². The summed E-state index contributed by atoms with van der Waals surface area (Å²) in [4.78, 5) is 22.4. The first-order chi connectivity index (χ1) is 14.6. The summed E-state index contributed by atoms with van der Waals surface area (Å²) in [6, 6.07) is 8.11. The van der Waals surface area contributed by atoms with Crippen LogP contribution in [-0.4, -0.2) is 41.6 Å². The molecule has 1 saturated carbocycles. The normalized spacial score (nSPS) is 19.5. The van der Waals surface area contributed by atoms with Crippen LogP contribution in [-0.2, 0) is 4.79 Å². The van der Waals surface area contributed by atoms with Crippen molar-refractivity contribution in [3.8, 4) is 11.5 Å². The van der Waals surface area contributed by atoms with Crippen molar-refractivity contribution in [2.45, 2.75) is 58.0 Å². The van der Waals surface area contributed by atoms with Gasteiger partial charge in [-0.05, 0) is 42.9 Å². The molecule has 2 fully saturated rings. The van der Waals surface area contributed by atoms with Crippen molar-refractivity contribution in [3.05, 3.63) is 42.2 Å². The second kappa shape index (κ2) is 9.45. The lowest BCUT2D eigenvalue weighted by Crippen LogP contribution is -2.26. The number of benzene rings is 1. The Morgan fingerprint density at radius 2 is 1.87 bits per heavy atom. The van der Waals surface area contributed by atoms with Crippen LogP contribution in [0.25, 0.3) is 0 Å². The maximum absolute atomic E-state index is 11.3. The number of anilines is 1. The lowest BCUT2D eigenvalue weighted by molar-refractivity contribution is -0.117. The molecule has 0 spiro atoms. The van der Waals surface area contributed by atoms with Crippen LogP contribution < -0.4 is 14.4 Å². The van der Waals surface area contributed by atoms with Crippen LogP contribution in [0, 0.1) is 5.92 Å². The number of ether oxygens (including phenoxy) is 2. The zero-order chi connectivity index (χ0) is 20.9. The van der Waals surface area contributed by atoms with Crippen LogP contribution in [0.15, 0.2) is 36.7 Å². The Bertz CT molecular complexity index is 834. The largest absolute Gasteiger partial charge is 0.490 e. The molecule has 0 bridgehead atoms. The lowest BCUT2D eigenvalue weighted by Gasteiger charge is -2.18. The van der Waals surface area contributed by atoms with Crippen LogP contribution >= 0.6 is 0 Å². The van der Waals surface area contributed by atoms with E-state index >= 15 is 0 Å². The monoisotopic (exact) mass is 409 g/mol. The van der Waals surface area contributed by atoms with Crippen molar-refractivity contribution in [1.82, 2.24) is 9.97 Å². The molecule has 1 aliphatic heterocycles. The Labute approximate surface area is 178 Å². The zero-order valence-electron chi connectivity index (χ0n) is 17.9. The highest BCUT2D eigenvalue weighted by Gasteiger charge is 2.26. The van der Waals surface area contributed by atoms with Crippen LogP contribution in [0.3, 0.4) is 0 Å². The molecule has 0 unspecified atom stereocenters. The molecule has 4 rings (SSSR count). The number of carbonyl (C=O) groups is 1. The number of carbonyl (C=O) groups excluding carboxylic acids is 1. The van der Waals surface area contributed by atoms with Crippen LogP contribution in [0.1, 0.15) is 57.4 Å². The fraction of sp³-hybridized carbons (Fsp3) is 0.542. The summed E-state index contributed by atoms with van der Waals surface area (Å²) >= 11 is 0. The third kappa shape index (κ3) is 5.71. The molecule has 1 aliphatic carbocycles. The summed E-state index contributed by atoms with van der Waals surface area (Å²) in [6.07, 6.45) is 8.98. The third-order valence-electron chi connectivity index (χ3n) is 5.88. The summed E-state index contributed by atoms with van der Waals surface area (Å²) in [5.74, 6) is 3.65. The number of hydrogen-bond donors (Lipinski definition) is 0. The van der Waals surface area contributed by atoms with Crippen molar-refractivity contribution >= 4 is 11.7 Å². The van der Waals surface area contributed by atoms with Gasteiger partial charge in [0.1, 0.15) is 17.6 Å². The molecule has 0 radical (unpaired) electrons. The van der Waals surface area contributed by atoms with Crippen molar-refractivity contribution in [1.29, 1.82) is 0 Å². The van der Waals surface area contributed by atoms with E-state index < -0.39 is 0 Å². The Morgan fingerprint density at radius 1 is 1.13 bits per heavy atom. The number of rotatable bonds is 10. The quantitative estimate of drug-likeness (QED) is 0.580. The molecule has 160 valence electrons. The molecule has 0 N–H and O–H groups in total. The van der Waals surface area contributed by atoms with Crippen LogP contribution in [0.2, 0.25) is 0 Å². The summed E-state index contributed by atoms with van der Waals surface area (Å²) < 4.78 is 11.9. The minimum atomic E-state index is 0.114. The van der Waals surface area contributed by atoms with E-state index in [4.69, 9.17) is 9.47 Å². The Morgan fingerprint density at radius 3 is 2.53 bits per heavy atom. The Kier molecular flexibility index (Phi) is 6.50. The first-order valence-corrected chi connectivity index (χ1v) is 11.0. The first kappa shape index (κ1) is 20.6. The topological polar surface area (TPSA) is 64.5 Å². The molecule has 2 atom stereocenters. The Hall–Kier alpha value is -2.63. The smallest absolute Gasteiger partial charge is 0.225 e. The van der Waals surface area contributed by atoms with Gasteiger partial charge in [-0.2, -0.15) is 0 Å². The van der Waals surface area contributed by atoms with E-state index in [1.54, 1.807) is 19.3 Å². The van der Waals surface area contributed by atoms with Crippen molar-refractivity contribution in [3.63, 3.8) is 0 Å². The predicted molar refractivity (Wildman–Crippen MR) is 116 cm³/mol. The standard InChI is InChI=1S/C24H31N3O3/c1-17(13-18(2)28)20-5-7-21(8-6-20)30-22-9-11-27(16-22)24-25-14-23(15-26-24)29-12-10-19-3-4-19/h5-8,14-15,17,19,22H,3-4,9-13,16H2,1-2H3/t17-,22-/m1/s1. The zero-order valence-corrected chi connectivity index (χ0v) is 17.9. The van der Waals surface area contributed by atoms with Gasteiger partial charge in [-0.15, -0.1) is 0 Å². The molecular weight excluding hydrogens is 378 g/mol. The van der Waals surface area contributed by atoms with E-state index in [1.165, 1.54) is 18.4 Å². The summed E-state index contributed by atoms with van der Waals surface area (Å²) in [5.41, 5.74) is 1.17. The first-order valence-electron chi connectivity index (χ1n) is 11.0. The van der Waals surface area contributed by atoms with E-state index in [9.17, 15) is 4.79 Å². The molecule has 6 nitrogen and oxygen atoms in total. The number of hydrogen-bond acceptors (Lipinski definition) is 6. The lowest BCUT2D eigenvalue weighted by atomic mass is 9.96. The third-order valence-corrected chi connectivity index (χ3v) is 5.88. The molecule has 2 aliphatic rings. The molecule has 1 aromatic carbocycles. The van der Waals surface area contributed by atoms with E-state index in [-0.39, 0.29) is 17.8 Å². The van der Waals surface area contributed by atoms with Gasteiger partial charge in [0.15, 0.2) is 5.75 Å². The van der Waals surface area contributed by atoms with Gasteiger partial charge in [-0.25, -0.2) is 9.97 Å². The van der Waals surface area contributed by atoms with Gasteiger partial charge in [0, 0.05) is 19.4 Å². The predicted octanol–water partition coefficient (Wildman–Crippen LogP) is 4.40. The average Bonchev–Trinajstić information content (AvgIpc) is 3.45. The minimum Gasteiger partial charge on any atom is -0.490 e. The Balaban J connectivity index is 1.25. The average molecular weight is 410 g/mol. The van der Waals surface area contributed by atoms with E-state index in [2.05, 4.69) is 33.9 Å². The maximum atomic E-state index is 11.3. The second-order valence-corrected chi connectivity index (χ2v) is 8.65. The number of ketones is 1. The summed E-state index contributed by atoms with van der Waals surface area (Å²) in [6.45, 7) is 6.11. The molecule has 2 heterocycles. The van der Waals surface area contributed by atoms with Crippen LogP contribution in [0.5, 0.6) is 11.5 Å². The molecule has 30 heavy (non-hydrogen) atoms. The number of Topliss-reactive ketones (excluding diaryl/α,β-unsaturated/α-hetero) is 1. The van der Waals surface area contributed by atoms with Gasteiger partial charge in [-0.3, -0.25) is 0 Å². The molecule has 0 amide bonds. The summed E-state index contributed by atoms with van der Waals surface area (Å²) in [7, 11) is 0. The van der Waals surface area contributed by atoms with Gasteiger partial charge < -0.3 is 19.2 Å². The molecule has 1 aromatic heterocycles. The van der Waals surface area contributed by atoms with E-state index in [0.717, 1.165) is 55.9 Å². The van der Waals surface area contributed by atoms with Gasteiger partial charge in [0.2, 0.25) is 5.95 Å². The molecular formula is C24H31N3O3. The van der Waals surface area contributed by atoms with Crippen molar-refractivity contribution in [2.75, 3.05) is 24.6 Å². The van der Waals surface area contributed by atoms with Gasteiger partial charge in [-0.1, -0.05) is 31.9 Å². The summed E-state index contributed by atoms with van der Waals surface area (Å²) in [5, 5.41) is 0. The number of nitrogens with zero attached hydrogens (tertiary/aromatic N) is 3. The van der Waals surface area contributed by atoms with Crippen molar-refractivity contribution < 1.29 is 14.3 Å². The van der Waals surface area contributed by atoms with Gasteiger partial charge in [0.25, 0.3) is 0 Å². The maximum Gasteiger partial charge on any atom is 0.225 e. The molecule has 1 saturated heterocycles. The fourth-order valence-corrected chi connectivity index (χ4v) is 3.92.